The molecule has 3 heterocycles. The number of nitrogen functional groups attached to an aromatic ring is 1. The number of aromatic nitrogens is 4. The first-order valence-electron chi connectivity index (χ1n) is 12.7. The molecule has 0 atom stereocenters. The van der Waals surface area contributed by atoms with Gasteiger partial charge in [-0.3, -0.25) is 4.68 Å². The zero-order chi connectivity index (χ0) is 23.5. The maximum atomic E-state index is 5.93. The van der Waals surface area contributed by atoms with Crippen LogP contribution in [0.3, 0.4) is 0 Å². The summed E-state index contributed by atoms with van der Waals surface area (Å²) in [4.78, 5) is 8.83. The van der Waals surface area contributed by atoms with Crippen LogP contribution in [0.2, 0.25) is 0 Å². The van der Waals surface area contributed by atoms with Crippen molar-refractivity contribution in [2.45, 2.75) is 58.4 Å². The molecule has 4 N–H and O–H groups in total. The first kappa shape index (κ1) is 22.9. The minimum absolute atomic E-state index is 0.259. The molecule has 2 aliphatic rings. The molecule has 1 saturated carbocycles. The van der Waals surface area contributed by atoms with E-state index in [0.29, 0.717) is 12.0 Å². The third-order valence-corrected chi connectivity index (χ3v) is 7.69. The van der Waals surface area contributed by atoms with Crippen molar-refractivity contribution in [1.82, 2.24) is 25.1 Å². The number of ether oxygens (including phenoxy) is 1. The van der Waals surface area contributed by atoms with Crippen LogP contribution in [0.25, 0.3) is 11.0 Å². The largest absolute Gasteiger partial charge is 0.496 e. The Kier molecular flexibility index (Phi) is 6.59. The molecule has 2 fully saturated rings. The second-order valence-corrected chi connectivity index (χ2v) is 10.1. The van der Waals surface area contributed by atoms with Crippen LogP contribution in [0.4, 0.5) is 11.8 Å². The van der Waals surface area contributed by atoms with Crippen molar-refractivity contribution in [2.75, 3.05) is 37.8 Å². The number of unbranched alkanes of at least 4 members (excludes halogenated alkanes) is 1. The molecule has 5 rings (SSSR count). The van der Waals surface area contributed by atoms with E-state index in [9.17, 15) is 0 Å². The SMILES string of the molecule is CCCCNc1nc(N)nc2cnn(Cc3ccc(CC4CCC5(CC4)CNC5)cc3OC)c12. The highest BCUT2D eigenvalue weighted by atomic mass is 16.5. The van der Waals surface area contributed by atoms with Crippen molar-refractivity contribution in [2.24, 2.45) is 11.3 Å². The summed E-state index contributed by atoms with van der Waals surface area (Å²) in [6.45, 7) is 6.03. The molecule has 8 heteroatoms. The fraction of sp³-hybridized carbons (Fsp3) is 0.577. The van der Waals surface area contributed by atoms with Gasteiger partial charge >= 0.3 is 0 Å². The van der Waals surface area contributed by atoms with Crippen LogP contribution in [0, 0.1) is 11.3 Å². The van der Waals surface area contributed by atoms with Gasteiger partial charge in [0.2, 0.25) is 5.95 Å². The molecular formula is C26H37N7O. The zero-order valence-corrected chi connectivity index (χ0v) is 20.4. The predicted octanol–water partition coefficient (Wildman–Crippen LogP) is 4.00. The molecule has 0 bridgehead atoms. The number of methoxy groups -OCH3 is 1. The van der Waals surface area contributed by atoms with Gasteiger partial charge in [-0.15, -0.1) is 0 Å². The van der Waals surface area contributed by atoms with E-state index in [1.165, 1.54) is 44.3 Å². The molecule has 0 unspecified atom stereocenters. The van der Waals surface area contributed by atoms with Gasteiger partial charge in [-0.1, -0.05) is 25.5 Å². The standard InChI is InChI=1S/C26H37N7O/c1-3-4-11-29-24-23-21(31-25(27)32-24)14-30-33(23)15-20-6-5-19(13-22(20)34-2)12-18-7-9-26(10-8-18)16-28-17-26/h5-6,13-14,18,28H,3-4,7-12,15-17H2,1-2H3,(H3,27,29,31,32). The number of hydrogen-bond acceptors (Lipinski definition) is 7. The quantitative estimate of drug-likeness (QED) is 0.412. The smallest absolute Gasteiger partial charge is 0.222 e. The Morgan fingerprint density at radius 2 is 2.06 bits per heavy atom. The fourth-order valence-corrected chi connectivity index (χ4v) is 5.51. The van der Waals surface area contributed by atoms with Crippen LogP contribution in [0.1, 0.15) is 56.6 Å². The average Bonchev–Trinajstić information content (AvgIpc) is 3.22. The van der Waals surface area contributed by atoms with Crippen LogP contribution in [-0.4, -0.2) is 46.5 Å². The van der Waals surface area contributed by atoms with E-state index in [4.69, 9.17) is 10.5 Å². The van der Waals surface area contributed by atoms with Crippen molar-refractivity contribution in [3.8, 4) is 5.75 Å². The van der Waals surface area contributed by atoms with E-state index in [0.717, 1.165) is 59.9 Å². The fourth-order valence-electron chi connectivity index (χ4n) is 5.51. The molecule has 34 heavy (non-hydrogen) atoms. The Hall–Kier alpha value is -2.87. The summed E-state index contributed by atoms with van der Waals surface area (Å²) in [6.07, 6.45) is 10.5. The van der Waals surface area contributed by atoms with Gasteiger partial charge in [-0.25, -0.2) is 4.98 Å². The first-order valence-corrected chi connectivity index (χ1v) is 12.7. The van der Waals surface area contributed by atoms with Crippen molar-refractivity contribution in [3.05, 3.63) is 35.5 Å². The zero-order valence-electron chi connectivity index (χ0n) is 20.4. The number of benzene rings is 1. The number of nitrogens with one attached hydrogen (secondary N) is 2. The summed E-state index contributed by atoms with van der Waals surface area (Å²) in [7, 11) is 1.75. The average molecular weight is 464 g/mol. The summed E-state index contributed by atoms with van der Waals surface area (Å²) in [5.41, 5.74) is 10.6. The molecule has 3 aromatic rings. The third-order valence-electron chi connectivity index (χ3n) is 7.69. The highest BCUT2D eigenvalue weighted by molar-refractivity contribution is 5.86. The monoisotopic (exact) mass is 463 g/mol. The molecule has 1 aromatic carbocycles. The summed E-state index contributed by atoms with van der Waals surface area (Å²) in [5.74, 6) is 2.68. The minimum Gasteiger partial charge on any atom is -0.496 e. The Balaban J connectivity index is 1.32. The Morgan fingerprint density at radius 3 is 2.76 bits per heavy atom. The number of nitrogens with zero attached hydrogens (tertiary/aromatic N) is 4. The van der Waals surface area contributed by atoms with Gasteiger partial charge in [0.1, 0.15) is 16.8 Å². The van der Waals surface area contributed by atoms with Crippen LogP contribution < -0.4 is 21.1 Å². The van der Waals surface area contributed by atoms with Crippen LogP contribution >= 0.6 is 0 Å². The minimum atomic E-state index is 0.259. The molecule has 0 amide bonds. The lowest BCUT2D eigenvalue weighted by molar-refractivity contribution is 0.0817. The molecule has 1 aliphatic carbocycles. The number of fused-ring (bicyclic) bond motifs is 1. The maximum absolute atomic E-state index is 5.93. The second kappa shape index (κ2) is 9.78. The van der Waals surface area contributed by atoms with E-state index in [1.54, 1.807) is 13.3 Å². The summed E-state index contributed by atoms with van der Waals surface area (Å²) in [5, 5.41) is 11.5. The van der Waals surface area contributed by atoms with E-state index >= 15 is 0 Å². The van der Waals surface area contributed by atoms with E-state index in [2.05, 4.69) is 50.8 Å². The van der Waals surface area contributed by atoms with Gasteiger partial charge in [0.25, 0.3) is 0 Å². The second-order valence-electron chi connectivity index (χ2n) is 10.1. The lowest BCUT2D eigenvalue weighted by atomic mass is 9.66. The van der Waals surface area contributed by atoms with E-state index in [1.807, 2.05) is 4.68 Å². The predicted molar refractivity (Wildman–Crippen MR) is 136 cm³/mol. The molecule has 0 radical (unpaired) electrons. The molecule has 8 nitrogen and oxygen atoms in total. The van der Waals surface area contributed by atoms with E-state index < -0.39 is 0 Å². The van der Waals surface area contributed by atoms with Crippen molar-refractivity contribution < 1.29 is 4.74 Å². The maximum Gasteiger partial charge on any atom is 0.222 e. The third kappa shape index (κ3) is 4.69. The highest BCUT2D eigenvalue weighted by Crippen LogP contribution is 2.42. The van der Waals surface area contributed by atoms with Gasteiger partial charge in [-0.05, 0) is 61.5 Å². The van der Waals surface area contributed by atoms with Crippen molar-refractivity contribution in [3.63, 3.8) is 0 Å². The van der Waals surface area contributed by atoms with Gasteiger partial charge < -0.3 is 21.1 Å². The number of nitrogens with two attached hydrogens (primary N) is 1. The highest BCUT2D eigenvalue weighted by Gasteiger charge is 2.39. The van der Waals surface area contributed by atoms with Crippen molar-refractivity contribution in [1.29, 1.82) is 0 Å². The molecule has 1 aliphatic heterocycles. The van der Waals surface area contributed by atoms with Gasteiger partial charge in [0, 0.05) is 25.2 Å². The lowest BCUT2D eigenvalue weighted by Gasteiger charge is -2.47. The number of rotatable bonds is 9. The summed E-state index contributed by atoms with van der Waals surface area (Å²) < 4.78 is 7.75. The Morgan fingerprint density at radius 1 is 1.24 bits per heavy atom. The number of hydrogen-bond donors (Lipinski definition) is 3. The van der Waals surface area contributed by atoms with Crippen LogP contribution in [-0.2, 0) is 13.0 Å². The molecule has 1 saturated heterocycles. The van der Waals surface area contributed by atoms with Crippen molar-refractivity contribution >= 4 is 22.8 Å². The molecule has 1 spiro atoms. The summed E-state index contributed by atoms with van der Waals surface area (Å²) >= 11 is 0. The topological polar surface area (TPSA) is 103 Å². The molecular weight excluding hydrogens is 426 g/mol. The Labute approximate surface area is 201 Å². The summed E-state index contributed by atoms with van der Waals surface area (Å²) in [6, 6.07) is 6.66. The van der Waals surface area contributed by atoms with E-state index in [-0.39, 0.29) is 5.95 Å². The normalized spacial score (nSPS) is 17.7. The first-order chi connectivity index (χ1) is 16.6. The van der Waals surface area contributed by atoms with Gasteiger partial charge in [-0.2, -0.15) is 10.1 Å². The molecule has 2 aromatic heterocycles. The van der Waals surface area contributed by atoms with Gasteiger partial charge in [0.05, 0.1) is 19.9 Å². The lowest BCUT2D eigenvalue weighted by Crippen LogP contribution is -2.54. The van der Waals surface area contributed by atoms with Crippen LogP contribution in [0.15, 0.2) is 24.4 Å². The number of anilines is 2. The van der Waals surface area contributed by atoms with Gasteiger partial charge in [0.15, 0.2) is 5.82 Å². The molecule has 182 valence electrons. The Bertz CT molecular complexity index is 1130. The van der Waals surface area contributed by atoms with Crippen LogP contribution in [0.5, 0.6) is 5.75 Å².